The predicted molar refractivity (Wildman–Crippen MR) is 120 cm³/mol. The van der Waals surface area contributed by atoms with E-state index in [0.717, 1.165) is 29.7 Å². The van der Waals surface area contributed by atoms with Gasteiger partial charge in [-0.15, -0.1) is 11.3 Å². The van der Waals surface area contributed by atoms with Gasteiger partial charge in [0.15, 0.2) is 0 Å². The van der Waals surface area contributed by atoms with E-state index in [1.54, 1.807) is 16.2 Å². The predicted octanol–water partition coefficient (Wildman–Crippen LogP) is 4.00. The van der Waals surface area contributed by atoms with Crippen LogP contribution in [0.25, 0.3) is 0 Å². The molecule has 1 aromatic heterocycles. The van der Waals surface area contributed by atoms with E-state index in [0.29, 0.717) is 26.2 Å². The van der Waals surface area contributed by atoms with Gasteiger partial charge in [-0.2, -0.15) is 0 Å². The highest BCUT2D eigenvalue weighted by Crippen LogP contribution is 2.34. The van der Waals surface area contributed by atoms with E-state index in [9.17, 15) is 9.59 Å². The van der Waals surface area contributed by atoms with Gasteiger partial charge in [0.25, 0.3) is 0 Å². The van der Waals surface area contributed by atoms with Crippen LogP contribution in [0.5, 0.6) is 5.75 Å². The number of hydrogen-bond acceptors (Lipinski definition) is 4. The summed E-state index contributed by atoms with van der Waals surface area (Å²) in [7, 11) is 0. The van der Waals surface area contributed by atoms with Crippen molar-refractivity contribution < 1.29 is 14.3 Å². The van der Waals surface area contributed by atoms with Crippen LogP contribution in [0.4, 0.5) is 4.79 Å². The summed E-state index contributed by atoms with van der Waals surface area (Å²) in [5.41, 5.74) is 2.23. The Morgan fingerprint density at radius 1 is 1.27 bits per heavy atom. The molecular weight excluding hydrogens is 398 g/mol. The molecule has 3 rings (SSSR count). The van der Waals surface area contributed by atoms with Gasteiger partial charge in [0.1, 0.15) is 18.9 Å². The van der Waals surface area contributed by atoms with Crippen molar-refractivity contribution in [3.8, 4) is 5.75 Å². The van der Waals surface area contributed by atoms with Crippen molar-refractivity contribution >= 4 is 23.3 Å². The molecule has 7 heteroatoms. The van der Waals surface area contributed by atoms with Gasteiger partial charge in [-0.25, -0.2) is 4.79 Å². The molecule has 0 radical (unpaired) electrons. The standard InChI is InChI=1S/C23H31N3O3S/c1-4-12-25(23(28)24-5-2)15-22(27)26-13-10-21-18(11-14-30-21)19(26)16-29-20-9-7-6-8-17(20)3/h6-9,11,14,19H,4-5,10,12-13,15-16H2,1-3H3,(H,24,28)/t19-/m0/s1. The zero-order chi connectivity index (χ0) is 21.5. The number of urea groups is 1. The van der Waals surface area contributed by atoms with Crippen molar-refractivity contribution in [1.29, 1.82) is 0 Å². The molecule has 1 aliphatic rings. The molecule has 2 heterocycles. The summed E-state index contributed by atoms with van der Waals surface area (Å²) < 4.78 is 6.14. The third kappa shape index (κ3) is 5.14. The van der Waals surface area contributed by atoms with Gasteiger partial charge in [0, 0.05) is 24.5 Å². The third-order valence-corrected chi connectivity index (χ3v) is 6.34. The first-order valence-electron chi connectivity index (χ1n) is 10.6. The van der Waals surface area contributed by atoms with Crippen LogP contribution < -0.4 is 10.1 Å². The van der Waals surface area contributed by atoms with Crippen molar-refractivity contribution in [2.45, 2.75) is 39.7 Å². The fourth-order valence-electron chi connectivity index (χ4n) is 3.80. The van der Waals surface area contributed by atoms with E-state index in [4.69, 9.17) is 4.74 Å². The molecular formula is C23H31N3O3S. The number of carbonyl (C=O) groups excluding carboxylic acids is 2. The second-order valence-electron chi connectivity index (χ2n) is 7.49. The monoisotopic (exact) mass is 429 g/mol. The molecule has 162 valence electrons. The summed E-state index contributed by atoms with van der Waals surface area (Å²) in [5, 5.41) is 4.89. The van der Waals surface area contributed by atoms with E-state index in [1.807, 2.05) is 49.9 Å². The minimum absolute atomic E-state index is 0.0371. The molecule has 0 spiro atoms. The van der Waals surface area contributed by atoms with Gasteiger partial charge in [-0.1, -0.05) is 25.1 Å². The molecule has 1 aromatic carbocycles. The maximum atomic E-state index is 13.3. The average molecular weight is 430 g/mol. The Hall–Kier alpha value is -2.54. The van der Waals surface area contributed by atoms with Crippen LogP contribution in [-0.2, 0) is 11.2 Å². The summed E-state index contributed by atoms with van der Waals surface area (Å²) >= 11 is 1.73. The molecule has 2 aromatic rings. The topological polar surface area (TPSA) is 61.9 Å². The number of para-hydroxylation sites is 1. The fourth-order valence-corrected chi connectivity index (χ4v) is 4.73. The van der Waals surface area contributed by atoms with E-state index in [-0.39, 0.29) is 24.5 Å². The Morgan fingerprint density at radius 2 is 2.07 bits per heavy atom. The van der Waals surface area contributed by atoms with Gasteiger partial charge in [0.05, 0.1) is 6.04 Å². The molecule has 1 aliphatic heterocycles. The molecule has 6 nitrogen and oxygen atoms in total. The number of nitrogens with one attached hydrogen (secondary N) is 1. The number of aryl methyl sites for hydroxylation is 1. The summed E-state index contributed by atoms with van der Waals surface area (Å²) in [6.07, 6.45) is 1.65. The molecule has 0 aliphatic carbocycles. The average Bonchev–Trinajstić information content (AvgIpc) is 3.22. The van der Waals surface area contributed by atoms with Crippen molar-refractivity contribution in [3.63, 3.8) is 0 Å². The number of carbonyl (C=O) groups is 2. The van der Waals surface area contributed by atoms with Crippen LogP contribution in [-0.4, -0.2) is 54.5 Å². The Kier molecular flexibility index (Phi) is 7.74. The quantitative estimate of drug-likeness (QED) is 0.690. The number of hydrogen-bond donors (Lipinski definition) is 1. The number of fused-ring (bicyclic) bond motifs is 1. The van der Waals surface area contributed by atoms with Gasteiger partial charge in [0.2, 0.25) is 5.91 Å². The minimum atomic E-state index is -0.186. The molecule has 0 fully saturated rings. The lowest BCUT2D eigenvalue weighted by atomic mass is 10.0. The first kappa shape index (κ1) is 22.2. The molecule has 3 amide bonds. The molecule has 0 bridgehead atoms. The smallest absolute Gasteiger partial charge is 0.317 e. The van der Waals surface area contributed by atoms with Crippen LogP contribution in [0.3, 0.4) is 0 Å². The highest BCUT2D eigenvalue weighted by molar-refractivity contribution is 7.10. The maximum Gasteiger partial charge on any atom is 0.317 e. The van der Waals surface area contributed by atoms with Crippen molar-refractivity contribution in [2.24, 2.45) is 0 Å². The van der Waals surface area contributed by atoms with Gasteiger partial charge in [-0.05, 0) is 55.3 Å². The van der Waals surface area contributed by atoms with Gasteiger partial charge >= 0.3 is 6.03 Å². The van der Waals surface area contributed by atoms with Crippen molar-refractivity contribution in [1.82, 2.24) is 15.1 Å². The number of thiophene rings is 1. The molecule has 0 saturated heterocycles. The van der Waals surface area contributed by atoms with E-state index in [2.05, 4.69) is 16.8 Å². The van der Waals surface area contributed by atoms with Crippen LogP contribution in [0.1, 0.15) is 42.3 Å². The second-order valence-corrected chi connectivity index (χ2v) is 8.49. The lowest BCUT2D eigenvalue weighted by molar-refractivity contribution is -0.135. The number of rotatable bonds is 8. The molecule has 1 N–H and O–H groups in total. The lowest BCUT2D eigenvalue weighted by Gasteiger charge is -2.37. The number of benzene rings is 1. The highest BCUT2D eigenvalue weighted by atomic mass is 32.1. The Balaban J connectivity index is 1.76. The van der Waals surface area contributed by atoms with Crippen LogP contribution >= 0.6 is 11.3 Å². The Labute approximate surface area is 182 Å². The van der Waals surface area contributed by atoms with E-state index in [1.165, 1.54) is 4.88 Å². The zero-order valence-electron chi connectivity index (χ0n) is 18.0. The third-order valence-electron chi connectivity index (χ3n) is 5.34. The second kappa shape index (κ2) is 10.5. The van der Waals surface area contributed by atoms with Crippen LogP contribution in [0.15, 0.2) is 35.7 Å². The molecule has 0 saturated carbocycles. The first-order valence-corrected chi connectivity index (χ1v) is 11.5. The molecule has 0 unspecified atom stereocenters. The number of amides is 3. The summed E-state index contributed by atoms with van der Waals surface area (Å²) in [6, 6.07) is 9.68. The number of ether oxygens (including phenoxy) is 1. The maximum absolute atomic E-state index is 13.3. The molecule has 30 heavy (non-hydrogen) atoms. The largest absolute Gasteiger partial charge is 0.491 e. The van der Waals surface area contributed by atoms with Crippen LogP contribution in [0.2, 0.25) is 0 Å². The fraction of sp³-hybridized carbons (Fsp3) is 0.478. The number of nitrogens with zero attached hydrogens (tertiary/aromatic N) is 2. The lowest BCUT2D eigenvalue weighted by Crippen LogP contribution is -2.50. The van der Waals surface area contributed by atoms with Crippen LogP contribution in [0, 0.1) is 6.92 Å². The summed E-state index contributed by atoms with van der Waals surface area (Å²) in [5.74, 6) is 0.798. The zero-order valence-corrected chi connectivity index (χ0v) is 18.8. The first-order chi connectivity index (χ1) is 14.5. The molecule has 1 atom stereocenters. The Morgan fingerprint density at radius 3 is 2.80 bits per heavy atom. The Bertz CT molecular complexity index is 867. The summed E-state index contributed by atoms with van der Waals surface area (Å²) in [4.78, 5) is 30.4. The van der Waals surface area contributed by atoms with Gasteiger partial charge < -0.3 is 19.9 Å². The van der Waals surface area contributed by atoms with E-state index < -0.39 is 0 Å². The van der Waals surface area contributed by atoms with Gasteiger partial charge in [-0.3, -0.25) is 4.79 Å². The minimum Gasteiger partial charge on any atom is -0.491 e. The SMILES string of the molecule is CCCN(CC(=O)N1CCc2sccc2[C@@H]1COc1ccccc1C)C(=O)NCC. The normalized spacial score (nSPS) is 15.4. The van der Waals surface area contributed by atoms with Crippen molar-refractivity contribution in [2.75, 3.05) is 32.8 Å². The van der Waals surface area contributed by atoms with Crippen molar-refractivity contribution in [3.05, 3.63) is 51.7 Å². The highest BCUT2D eigenvalue weighted by Gasteiger charge is 2.33. The van der Waals surface area contributed by atoms with E-state index >= 15 is 0 Å². The summed E-state index contributed by atoms with van der Waals surface area (Å²) in [6.45, 7) is 8.13.